The van der Waals surface area contributed by atoms with Gasteiger partial charge in [0.1, 0.15) is 11.8 Å². The number of nitrogens with zero attached hydrogens (tertiary/aromatic N) is 2. The summed E-state index contributed by atoms with van der Waals surface area (Å²) < 4.78 is 11.4. The number of pyridine rings is 1. The van der Waals surface area contributed by atoms with Crippen molar-refractivity contribution in [3.05, 3.63) is 24.0 Å². The van der Waals surface area contributed by atoms with Crippen LogP contribution >= 0.6 is 0 Å². The molecule has 1 aliphatic carbocycles. The zero-order valence-electron chi connectivity index (χ0n) is 12.3. The molecule has 5 nitrogen and oxygen atoms in total. The summed E-state index contributed by atoms with van der Waals surface area (Å²) in [6.07, 6.45) is 5.08. The molecule has 1 aliphatic heterocycles. The molecule has 3 rings (SSSR count). The Morgan fingerprint density at radius 1 is 1.52 bits per heavy atom. The summed E-state index contributed by atoms with van der Waals surface area (Å²) in [6, 6.07) is 6.19. The molecule has 1 spiro atoms. The average molecular weight is 287 g/mol. The minimum Gasteiger partial charge on any atom is -0.381 e. The maximum atomic E-state index is 8.94. The molecule has 1 N–H and O–H groups in total. The number of hydrogen-bond donors (Lipinski definition) is 1. The van der Waals surface area contributed by atoms with Gasteiger partial charge in [-0.2, -0.15) is 5.26 Å². The number of aromatic nitrogens is 1. The van der Waals surface area contributed by atoms with Gasteiger partial charge in [0, 0.05) is 43.2 Å². The van der Waals surface area contributed by atoms with E-state index in [-0.39, 0.29) is 5.41 Å². The standard InChI is InChI=1S/C16H21N3O2/c1-2-21-15-10-14(16(15)4-7-20-8-5-16)19-12-3-6-18-13(9-12)11-17/h3,6,9,14-15H,2,4-5,7-8,10H2,1H3,(H,18,19)/t14-,15-/m1/s1. The minimum atomic E-state index is 0.171. The van der Waals surface area contributed by atoms with Crippen LogP contribution in [0.25, 0.3) is 0 Å². The fourth-order valence-electron chi connectivity index (χ4n) is 3.59. The van der Waals surface area contributed by atoms with Crippen molar-refractivity contribution in [2.75, 3.05) is 25.1 Å². The Bertz CT molecular complexity index is 535. The van der Waals surface area contributed by atoms with Crippen molar-refractivity contribution in [3.63, 3.8) is 0 Å². The predicted octanol–water partition coefficient (Wildman–Crippen LogP) is 2.34. The molecule has 2 aliphatic rings. The Morgan fingerprint density at radius 3 is 3.05 bits per heavy atom. The van der Waals surface area contributed by atoms with Crippen LogP contribution < -0.4 is 5.32 Å². The van der Waals surface area contributed by atoms with Crippen LogP contribution in [-0.4, -0.2) is 37.0 Å². The third-order valence-corrected chi connectivity index (χ3v) is 4.79. The van der Waals surface area contributed by atoms with E-state index >= 15 is 0 Å². The first-order valence-corrected chi connectivity index (χ1v) is 7.60. The number of ether oxygens (including phenoxy) is 2. The molecule has 21 heavy (non-hydrogen) atoms. The number of anilines is 1. The van der Waals surface area contributed by atoms with Crippen molar-refractivity contribution in [1.29, 1.82) is 5.26 Å². The van der Waals surface area contributed by atoms with E-state index in [1.165, 1.54) is 0 Å². The zero-order chi connectivity index (χ0) is 14.7. The first-order valence-electron chi connectivity index (χ1n) is 7.60. The maximum Gasteiger partial charge on any atom is 0.142 e. The van der Waals surface area contributed by atoms with Gasteiger partial charge in [-0.3, -0.25) is 0 Å². The van der Waals surface area contributed by atoms with Crippen molar-refractivity contribution in [2.45, 2.75) is 38.3 Å². The van der Waals surface area contributed by atoms with Crippen molar-refractivity contribution >= 4 is 5.69 Å². The second-order valence-corrected chi connectivity index (χ2v) is 5.76. The molecule has 0 amide bonds. The second kappa shape index (κ2) is 6.00. The maximum absolute atomic E-state index is 8.94. The van der Waals surface area contributed by atoms with Gasteiger partial charge >= 0.3 is 0 Å². The van der Waals surface area contributed by atoms with Crippen LogP contribution in [0.2, 0.25) is 0 Å². The lowest BCUT2D eigenvalue weighted by atomic mass is 9.57. The summed E-state index contributed by atoms with van der Waals surface area (Å²) in [6.45, 7) is 4.42. The molecule has 1 aromatic heterocycles. The summed E-state index contributed by atoms with van der Waals surface area (Å²) in [5, 5.41) is 12.5. The molecule has 0 aromatic carbocycles. The molecule has 1 saturated heterocycles. The van der Waals surface area contributed by atoms with Crippen LogP contribution in [0.5, 0.6) is 0 Å². The largest absolute Gasteiger partial charge is 0.381 e. The molecule has 112 valence electrons. The van der Waals surface area contributed by atoms with Crippen LogP contribution in [0.4, 0.5) is 5.69 Å². The van der Waals surface area contributed by atoms with Gasteiger partial charge in [-0.05, 0) is 38.3 Å². The summed E-state index contributed by atoms with van der Waals surface area (Å²) in [5.41, 5.74) is 1.58. The minimum absolute atomic E-state index is 0.171. The first kappa shape index (κ1) is 14.3. The monoisotopic (exact) mass is 287 g/mol. The highest BCUT2D eigenvalue weighted by Gasteiger charge is 2.56. The van der Waals surface area contributed by atoms with E-state index in [9.17, 15) is 0 Å². The summed E-state index contributed by atoms with van der Waals surface area (Å²) in [4.78, 5) is 4.01. The Morgan fingerprint density at radius 2 is 2.33 bits per heavy atom. The van der Waals surface area contributed by atoms with Gasteiger partial charge in [0.15, 0.2) is 0 Å². The van der Waals surface area contributed by atoms with Crippen molar-refractivity contribution in [3.8, 4) is 6.07 Å². The summed E-state index contributed by atoms with van der Waals surface area (Å²) >= 11 is 0. The van der Waals surface area contributed by atoms with E-state index in [1.807, 2.05) is 6.07 Å². The normalized spacial score (nSPS) is 26.9. The molecule has 0 unspecified atom stereocenters. The molecule has 0 bridgehead atoms. The van der Waals surface area contributed by atoms with E-state index < -0.39 is 0 Å². The Balaban J connectivity index is 1.74. The lowest BCUT2D eigenvalue weighted by Gasteiger charge is -2.57. The molecule has 1 aromatic rings. The number of nitrogens with one attached hydrogen (secondary N) is 1. The topological polar surface area (TPSA) is 67.2 Å². The van der Waals surface area contributed by atoms with Gasteiger partial charge in [0.2, 0.25) is 0 Å². The van der Waals surface area contributed by atoms with Gasteiger partial charge < -0.3 is 14.8 Å². The SMILES string of the molecule is CCO[C@@H]1C[C@@H](Nc2ccnc(C#N)c2)C12CCOCC2. The predicted molar refractivity (Wildman–Crippen MR) is 78.9 cm³/mol. The smallest absolute Gasteiger partial charge is 0.142 e. The van der Waals surface area contributed by atoms with Crippen LogP contribution in [-0.2, 0) is 9.47 Å². The van der Waals surface area contributed by atoms with Gasteiger partial charge in [0.25, 0.3) is 0 Å². The number of rotatable bonds is 4. The fourth-order valence-corrected chi connectivity index (χ4v) is 3.59. The molecule has 2 heterocycles. The van der Waals surface area contributed by atoms with Crippen molar-refractivity contribution in [1.82, 2.24) is 4.98 Å². The highest BCUT2D eigenvalue weighted by molar-refractivity contribution is 5.48. The third-order valence-electron chi connectivity index (χ3n) is 4.79. The van der Waals surface area contributed by atoms with Gasteiger partial charge in [-0.25, -0.2) is 4.98 Å². The lowest BCUT2D eigenvalue weighted by molar-refractivity contribution is -0.159. The highest BCUT2D eigenvalue weighted by atomic mass is 16.5. The van der Waals surface area contributed by atoms with E-state index in [2.05, 4.69) is 23.3 Å². The van der Waals surface area contributed by atoms with Gasteiger partial charge in [-0.15, -0.1) is 0 Å². The van der Waals surface area contributed by atoms with E-state index in [1.54, 1.807) is 12.3 Å². The first-order chi connectivity index (χ1) is 10.3. The number of hydrogen-bond acceptors (Lipinski definition) is 5. The second-order valence-electron chi connectivity index (χ2n) is 5.76. The average Bonchev–Trinajstić information content (AvgIpc) is 2.55. The zero-order valence-corrected chi connectivity index (χ0v) is 12.3. The quantitative estimate of drug-likeness (QED) is 0.920. The van der Waals surface area contributed by atoms with E-state index in [4.69, 9.17) is 14.7 Å². The molecular weight excluding hydrogens is 266 g/mol. The van der Waals surface area contributed by atoms with Crippen LogP contribution in [0.3, 0.4) is 0 Å². The van der Waals surface area contributed by atoms with E-state index in [0.29, 0.717) is 17.8 Å². The molecular formula is C16H21N3O2. The molecule has 2 atom stereocenters. The van der Waals surface area contributed by atoms with E-state index in [0.717, 1.165) is 44.8 Å². The van der Waals surface area contributed by atoms with Gasteiger partial charge in [-0.1, -0.05) is 0 Å². The lowest BCUT2D eigenvalue weighted by Crippen LogP contribution is -2.63. The molecule has 0 radical (unpaired) electrons. The Labute approximate surface area is 125 Å². The van der Waals surface area contributed by atoms with Crippen molar-refractivity contribution in [2.24, 2.45) is 5.41 Å². The molecule has 2 fully saturated rings. The Hall–Kier alpha value is -1.64. The highest BCUT2D eigenvalue weighted by Crippen LogP contribution is 2.51. The third kappa shape index (κ3) is 2.61. The number of nitriles is 1. The van der Waals surface area contributed by atoms with Crippen molar-refractivity contribution < 1.29 is 9.47 Å². The van der Waals surface area contributed by atoms with Crippen LogP contribution in [0, 0.1) is 16.7 Å². The fraction of sp³-hybridized carbons (Fsp3) is 0.625. The summed E-state index contributed by atoms with van der Waals surface area (Å²) in [5.74, 6) is 0. The summed E-state index contributed by atoms with van der Waals surface area (Å²) in [7, 11) is 0. The Kier molecular flexibility index (Phi) is 4.09. The van der Waals surface area contributed by atoms with Crippen LogP contribution in [0.15, 0.2) is 18.3 Å². The van der Waals surface area contributed by atoms with Crippen LogP contribution in [0.1, 0.15) is 31.9 Å². The van der Waals surface area contributed by atoms with Gasteiger partial charge in [0.05, 0.1) is 6.10 Å². The molecule has 5 heteroatoms. The molecule has 1 saturated carbocycles.